The zero-order valence-electron chi connectivity index (χ0n) is 12.5. The fraction of sp³-hybridized carbons (Fsp3) is 0.625. The van der Waals surface area contributed by atoms with Crippen LogP contribution >= 0.6 is 0 Å². The number of rotatable bonds is 4. The maximum absolute atomic E-state index is 14.2. The predicted octanol–water partition coefficient (Wildman–Crippen LogP) is 3.70. The van der Waals surface area contributed by atoms with Crippen molar-refractivity contribution in [2.75, 3.05) is 11.9 Å². The molecule has 19 heavy (non-hydrogen) atoms. The van der Waals surface area contributed by atoms with E-state index in [1.165, 1.54) is 19.3 Å². The summed E-state index contributed by atoms with van der Waals surface area (Å²) in [6, 6.07) is 5.88. The lowest BCUT2D eigenvalue weighted by Crippen LogP contribution is -2.39. The summed E-state index contributed by atoms with van der Waals surface area (Å²) in [5, 5.41) is 3.44. The molecule has 1 saturated carbocycles. The molecule has 0 bridgehead atoms. The van der Waals surface area contributed by atoms with E-state index in [9.17, 15) is 4.39 Å². The van der Waals surface area contributed by atoms with Gasteiger partial charge >= 0.3 is 0 Å². The van der Waals surface area contributed by atoms with Gasteiger partial charge in [0, 0.05) is 25.2 Å². The van der Waals surface area contributed by atoms with E-state index in [4.69, 9.17) is 0 Å². The van der Waals surface area contributed by atoms with Crippen LogP contribution in [0.5, 0.6) is 0 Å². The normalized spacial score (nSPS) is 16.3. The van der Waals surface area contributed by atoms with Crippen molar-refractivity contribution in [2.45, 2.75) is 58.2 Å². The first kappa shape index (κ1) is 14.3. The third-order valence-electron chi connectivity index (χ3n) is 3.85. The monoisotopic (exact) mass is 264 g/mol. The minimum atomic E-state index is -0.109. The number of benzene rings is 1. The molecule has 0 unspecified atom stereocenters. The van der Waals surface area contributed by atoms with Crippen molar-refractivity contribution in [3.05, 3.63) is 29.6 Å². The van der Waals surface area contributed by atoms with Gasteiger partial charge < -0.3 is 10.2 Å². The summed E-state index contributed by atoms with van der Waals surface area (Å²) in [6.07, 6.45) is 3.62. The number of hydrogen-bond acceptors (Lipinski definition) is 2. The second-order valence-electron chi connectivity index (χ2n) is 6.55. The average Bonchev–Trinajstić information content (AvgIpc) is 2.22. The summed E-state index contributed by atoms with van der Waals surface area (Å²) in [5.74, 6) is -0.109. The number of hydrogen-bond donors (Lipinski definition) is 1. The van der Waals surface area contributed by atoms with Crippen LogP contribution in [0.15, 0.2) is 18.2 Å². The third kappa shape index (κ3) is 3.47. The first-order chi connectivity index (χ1) is 8.88. The quantitative estimate of drug-likeness (QED) is 0.892. The topological polar surface area (TPSA) is 15.3 Å². The highest BCUT2D eigenvalue weighted by Gasteiger charge is 2.25. The van der Waals surface area contributed by atoms with Gasteiger partial charge in [-0.15, -0.1) is 0 Å². The van der Waals surface area contributed by atoms with Gasteiger partial charge in [0.05, 0.1) is 5.69 Å². The Kier molecular flexibility index (Phi) is 4.14. The van der Waals surface area contributed by atoms with Crippen molar-refractivity contribution in [3.63, 3.8) is 0 Å². The molecule has 0 aromatic heterocycles. The predicted molar refractivity (Wildman–Crippen MR) is 79.0 cm³/mol. The first-order valence-electron chi connectivity index (χ1n) is 7.14. The number of para-hydroxylation sites is 1. The largest absolute Gasteiger partial charge is 0.369 e. The van der Waals surface area contributed by atoms with Crippen LogP contribution in [0.3, 0.4) is 0 Å². The Morgan fingerprint density at radius 2 is 2.00 bits per heavy atom. The molecular weight excluding hydrogens is 239 g/mol. The molecule has 1 aliphatic carbocycles. The zero-order chi connectivity index (χ0) is 14.0. The molecule has 1 aromatic carbocycles. The van der Waals surface area contributed by atoms with Crippen LogP contribution < -0.4 is 10.2 Å². The maximum Gasteiger partial charge on any atom is 0.146 e. The van der Waals surface area contributed by atoms with Gasteiger partial charge in [0.25, 0.3) is 0 Å². The van der Waals surface area contributed by atoms with Crippen LogP contribution in [0.1, 0.15) is 45.6 Å². The van der Waals surface area contributed by atoms with Gasteiger partial charge in [-0.25, -0.2) is 4.39 Å². The molecule has 0 saturated heterocycles. The van der Waals surface area contributed by atoms with Gasteiger partial charge in [0.1, 0.15) is 5.82 Å². The minimum Gasteiger partial charge on any atom is -0.369 e. The summed E-state index contributed by atoms with van der Waals surface area (Å²) in [7, 11) is 2.02. The summed E-state index contributed by atoms with van der Waals surface area (Å²) in [6.45, 7) is 7.08. The van der Waals surface area contributed by atoms with E-state index < -0.39 is 0 Å². The lowest BCUT2D eigenvalue weighted by atomic mass is 9.91. The van der Waals surface area contributed by atoms with E-state index >= 15 is 0 Å². The summed E-state index contributed by atoms with van der Waals surface area (Å²) in [4.78, 5) is 2.12. The molecule has 0 radical (unpaired) electrons. The number of halogens is 1. The number of anilines is 1. The Labute approximate surface area is 116 Å². The van der Waals surface area contributed by atoms with Crippen molar-refractivity contribution < 1.29 is 4.39 Å². The van der Waals surface area contributed by atoms with Gasteiger partial charge in [-0.3, -0.25) is 0 Å². The average molecular weight is 264 g/mol. The lowest BCUT2D eigenvalue weighted by Gasteiger charge is -2.37. The summed E-state index contributed by atoms with van der Waals surface area (Å²) in [5.41, 5.74) is 1.85. The SMILES string of the molecule is CN(c1c(F)cccc1CNC(C)(C)C)C1CCC1. The Morgan fingerprint density at radius 3 is 2.53 bits per heavy atom. The zero-order valence-corrected chi connectivity index (χ0v) is 12.5. The van der Waals surface area contributed by atoms with Gasteiger partial charge in [-0.05, 0) is 51.7 Å². The summed E-state index contributed by atoms with van der Waals surface area (Å²) >= 11 is 0. The Morgan fingerprint density at radius 1 is 1.32 bits per heavy atom. The fourth-order valence-corrected chi connectivity index (χ4v) is 2.41. The molecule has 1 aromatic rings. The minimum absolute atomic E-state index is 0.0403. The van der Waals surface area contributed by atoms with Crippen LogP contribution in [0.2, 0.25) is 0 Å². The second kappa shape index (κ2) is 5.49. The van der Waals surface area contributed by atoms with Gasteiger partial charge in [-0.1, -0.05) is 12.1 Å². The van der Waals surface area contributed by atoms with E-state index in [-0.39, 0.29) is 11.4 Å². The molecule has 0 amide bonds. The summed E-state index contributed by atoms with van der Waals surface area (Å²) < 4.78 is 14.2. The Balaban J connectivity index is 2.20. The highest BCUT2D eigenvalue weighted by Crippen LogP contribution is 2.32. The van der Waals surface area contributed by atoms with E-state index in [2.05, 4.69) is 31.0 Å². The van der Waals surface area contributed by atoms with Crippen LogP contribution in [0.25, 0.3) is 0 Å². The van der Waals surface area contributed by atoms with Crippen molar-refractivity contribution >= 4 is 5.69 Å². The van der Waals surface area contributed by atoms with Crippen molar-refractivity contribution in [1.29, 1.82) is 0 Å². The first-order valence-corrected chi connectivity index (χ1v) is 7.14. The van der Waals surface area contributed by atoms with Gasteiger partial charge in [0.15, 0.2) is 0 Å². The molecule has 1 aliphatic rings. The van der Waals surface area contributed by atoms with Crippen LogP contribution in [0.4, 0.5) is 10.1 Å². The molecular formula is C16H25FN2. The molecule has 106 valence electrons. The lowest BCUT2D eigenvalue weighted by molar-refractivity contribution is 0.394. The number of nitrogens with one attached hydrogen (secondary N) is 1. The van der Waals surface area contributed by atoms with Gasteiger partial charge in [0.2, 0.25) is 0 Å². The van der Waals surface area contributed by atoms with Crippen LogP contribution in [0, 0.1) is 5.82 Å². The van der Waals surface area contributed by atoms with Crippen molar-refractivity contribution in [2.24, 2.45) is 0 Å². The molecule has 2 rings (SSSR count). The van der Waals surface area contributed by atoms with E-state index in [1.807, 2.05) is 13.1 Å². The number of nitrogens with zero attached hydrogens (tertiary/aromatic N) is 1. The van der Waals surface area contributed by atoms with E-state index in [0.717, 1.165) is 11.3 Å². The molecule has 1 fully saturated rings. The molecule has 1 N–H and O–H groups in total. The van der Waals surface area contributed by atoms with E-state index in [1.54, 1.807) is 12.1 Å². The fourth-order valence-electron chi connectivity index (χ4n) is 2.41. The third-order valence-corrected chi connectivity index (χ3v) is 3.85. The molecule has 0 aliphatic heterocycles. The Bertz CT molecular complexity index is 433. The Hall–Kier alpha value is -1.09. The maximum atomic E-state index is 14.2. The van der Waals surface area contributed by atoms with Crippen LogP contribution in [-0.4, -0.2) is 18.6 Å². The van der Waals surface area contributed by atoms with Gasteiger partial charge in [-0.2, -0.15) is 0 Å². The van der Waals surface area contributed by atoms with E-state index in [0.29, 0.717) is 12.6 Å². The highest BCUT2D eigenvalue weighted by atomic mass is 19.1. The van der Waals surface area contributed by atoms with Crippen molar-refractivity contribution in [3.8, 4) is 0 Å². The molecule has 0 spiro atoms. The highest BCUT2D eigenvalue weighted by molar-refractivity contribution is 5.55. The second-order valence-corrected chi connectivity index (χ2v) is 6.55. The molecule has 3 heteroatoms. The molecule has 0 atom stereocenters. The van der Waals surface area contributed by atoms with Crippen LogP contribution in [-0.2, 0) is 6.54 Å². The standard InChI is InChI=1S/C16H25FN2/c1-16(2,3)18-11-12-7-5-10-14(17)15(12)19(4)13-8-6-9-13/h5,7,10,13,18H,6,8-9,11H2,1-4H3. The van der Waals surface area contributed by atoms with Crippen molar-refractivity contribution in [1.82, 2.24) is 5.32 Å². The molecule has 2 nitrogen and oxygen atoms in total. The molecule has 0 heterocycles. The smallest absolute Gasteiger partial charge is 0.146 e.